The van der Waals surface area contributed by atoms with E-state index in [1.807, 2.05) is 6.07 Å². The number of hydrogen-bond acceptors (Lipinski definition) is 3. The number of hydrogen-bond donors (Lipinski definition) is 1. The highest BCUT2D eigenvalue weighted by molar-refractivity contribution is 5.97. The molecule has 1 aromatic carbocycles. The molecule has 2 rings (SSSR count). The third kappa shape index (κ3) is 4.17. The van der Waals surface area contributed by atoms with Gasteiger partial charge in [-0.15, -0.1) is 0 Å². The lowest BCUT2D eigenvalue weighted by Gasteiger charge is -2.30. The van der Waals surface area contributed by atoms with Crippen LogP contribution < -0.4 is 5.32 Å². The van der Waals surface area contributed by atoms with Crippen molar-refractivity contribution in [2.75, 3.05) is 25.0 Å². The Bertz CT molecular complexity index is 499. The van der Waals surface area contributed by atoms with Gasteiger partial charge in [-0.05, 0) is 44.4 Å². The summed E-state index contributed by atoms with van der Waals surface area (Å²) in [5.74, 6) is 0.656. The molecule has 0 spiro atoms. The summed E-state index contributed by atoms with van der Waals surface area (Å²) in [6.07, 6.45) is 2.41. The predicted molar refractivity (Wildman–Crippen MR) is 79.9 cm³/mol. The van der Waals surface area contributed by atoms with E-state index in [-0.39, 0.29) is 11.7 Å². The van der Waals surface area contributed by atoms with Crippen LogP contribution in [-0.4, -0.2) is 36.2 Å². The van der Waals surface area contributed by atoms with Gasteiger partial charge in [0.15, 0.2) is 5.78 Å². The molecule has 20 heavy (non-hydrogen) atoms. The maximum Gasteiger partial charge on any atom is 0.238 e. The monoisotopic (exact) mass is 274 g/mol. The number of carbonyl (C=O) groups is 2. The van der Waals surface area contributed by atoms with E-state index in [1.54, 1.807) is 18.2 Å². The molecule has 1 aromatic rings. The van der Waals surface area contributed by atoms with E-state index >= 15 is 0 Å². The average Bonchev–Trinajstić information content (AvgIpc) is 2.38. The summed E-state index contributed by atoms with van der Waals surface area (Å²) in [5, 5.41) is 2.87. The Balaban J connectivity index is 1.91. The minimum Gasteiger partial charge on any atom is -0.325 e. The highest BCUT2D eigenvalue weighted by Crippen LogP contribution is 2.15. The summed E-state index contributed by atoms with van der Waals surface area (Å²) in [4.78, 5) is 25.5. The molecule has 1 atom stereocenters. The minimum atomic E-state index is -0.0141. The smallest absolute Gasteiger partial charge is 0.238 e. The summed E-state index contributed by atoms with van der Waals surface area (Å²) in [6.45, 7) is 6.15. The lowest BCUT2D eigenvalue weighted by molar-refractivity contribution is -0.117. The molecular weight excluding hydrogens is 252 g/mol. The zero-order valence-corrected chi connectivity index (χ0v) is 12.2. The van der Waals surface area contributed by atoms with Crippen molar-refractivity contribution >= 4 is 17.4 Å². The highest BCUT2D eigenvalue weighted by Gasteiger charge is 2.18. The van der Waals surface area contributed by atoms with Gasteiger partial charge in [-0.1, -0.05) is 19.1 Å². The standard InChI is InChI=1S/C16H22N2O2/c1-12-5-4-8-18(10-12)11-16(20)17-15-7-3-6-14(9-15)13(2)19/h3,6-7,9,12H,4-5,8,10-11H2,1-2H3,(H,17,20). The number of likely N-dealkylation sites (tertiary alicyclic amines) is 1. The first kappa shape index (κ1) is 14.7. The van der Waals surface area contributed by atoms with Gasteiger partial charge in [-0.2, -0.15) is 0 Å². The van der Waals surface area contributed by atoms with E-state index in [9.17, 15) is 9.59 Å². The highest BCUT2D eigenvalue weighted by atomic mass is 16.2. The lowest BCUT2D eigenvalue weighted by Crippen LogP contribution is -2.39. The second kappa shape index (κ2) is 6.66. The number of ketones is 1. The molecule has 0 aromatic heterocycles. The molecule has 1 saturated heterocycles. The van der Waals surface area contributed by atoms with Crippen LogP contribution in [0, 0.1) is 5.92 Å². The number of rotatable bonds is 4. The normalized spacial score (nSPS) is 19.6. The Labute approximate surface area is 120 Å². The van der Waals surface area contributed by atoms with E-state index in [0.717, 1.165) is 19.5 Å². The SMILES string of the molecule is CC(=O)c1cccc(NC(=O)CN2CCCC(C)C2)c1. The topological polar surface area (TPSA) is 49.4 Å². The van der Waals surface area contributed by atoms with Gasteiger partial charge in [0.2, 0.25) is 5.91 Å². The van der Waals surface area contributed by atoms with Crippen LogP contribution in [0.15, 0.2) is 24.3 Å². The van der Waals surface area contributed by atoms with Crippen molar-refractivity contribution in [2.24, 2.45) is 5.92 Å². The lowest BCUT2D eigenvalue weighted by atomic mass is 10.0. The van der Waals surface area contributed by atoms with Crippen LogP contribution in [0.1, 0.15) is 37.0 Å². The van der Waals surface area contributed by atoms with Crippen molar-refractivity contribution in [2.45, 2.75) is 26.7 Å². The van der Waals surface area contributed by atoms with Crippen molar-refractivity contribution in [3.8, 4) is 0 Å². The Morgan fingerprint density at radius 1 is 1.40 bits per heavy atom. The van der Waals surface area contributed by atoms with Gasteiger partial charge in [-0.25, -0.2) is 0 Å². The summed E-state index contributed by atoms with van der Waals surface area (Å²) >= 11 is 0. The van der Waals surface area contributed by atoms with Crippen LogP contribution >= 0.6 is 0 Å². The molecule has 1 amide bonds. The van der Waals surface area contributed by atoms with Gasteiger partial charge in [0, 0.05) is 17.8 Å². The Kier molecular flexibility index (Phi) is 4.90. The molecule has 1 heterocycles. The molecule has 1 aliphatic heterocycles. The first-order chi connectivity index (χ1) is 9.54. The molecule has 4 nitrogen and oxygen atoms in total. The maximum absolute atomic E-state index is 12.0. The van der Waals surface area contributed by atoms with Crippen molar-refractivity contribution in [1.82, 2.24) is 4.90 Å². The van der Waals surface area contributed by atoms with Gasteiger partial charge in [0.1, 0.15) is 0 Å². The largest absolute Gasteiger partial charge is 0.325 e. The molecule has 1 aliphatic rings. The van der Waals surface area contributed by atoms with Crippen molar-refractivity contribution in [3.63, 3.8) is 0 Å². The second-order valence-corrected chi connectivity index (χ2v) is 5.67. The fourth-order valence-corrected chi connectivity index (χ4v) is 2.65. The number of piperidine rings is 1. The van der Waals surface area contributed by atoms with Crippen LogP contribution in [0.25, 0.3) is 0 Å². The number of anilines is 1. The minimum absolute atomic E-state index is 0.00551. The van der Waals surface area contributed by atoms with Crippen LogP contribution in [0.2, 0.25) is 0 Å². The average molecular weight is 274 g/mol. The number of benzene rings is 1. The first-order valence-corrected chi connectivity index (χ1v) is 7.18. The molecule has 0 aliphatic carbocycles. The molecule has 0 radical (unpaired) electrons. The van der Waals surface area contributed by atoms with Gasteiger partial charge < -0.3 is 5.32 Å². The van der Waals surface area contributed by atoms with Crippen molar-refractivity contribution < 1.29 is 9.59 Å². The van der Waals surface area contributed by atoms with E-state index in [0.29, 0.717) is 23.7 Å². The predicted octanol–water partition coefficient (Wildman–Crippen LogP) is 2.56. The van der Waals surface area contributed by atoms with Crippen LogP contribution in [-0.2, 0) is 4.79 Å². The van der Waals surface area contributed by atoms with E-state index < -0.39 is 0 Å². The fourth-order valence-electron chi connectivity index (χ4n) is 2.65. The van der Waals surface area contributed by atoms with Crippen LogP contribution in [0.4, 0.5) is 5.69 Å². The molecule has 0 bridgehead atoms. The Hall–Kier alpha value is -1.68. The molecule has 1 unspecified atom stereocenters. The van der Waals surface area contributed by atoms with Gasteiger partial charge in [0.25, 0.3) is 0 Å². The van der Waals surface area contributed by atoms with E-state index in [2.05, 4.69) is 17.1 Å². The third-order valence-electron chi connectivity index (χ3n) is 3.66. The van der Waals surface area contributed by atoms with Crippen molar-refractivity contribution in [1.29, 1.82) is 0 Å². The molecule has 1 fully saturated rings. The summed E-state index contributed by atoms with van der Waals surface area (Å²) in [7, 11) is 0. The quantitative estimate of drug-likeness (QED) is 0.858. The second-order valence-electron chi connectivity index (χ2n) is 5.67. The number of nitrogens with zero attached hydrogens (tertiary/aromatic N) is 1. The Morgan fingerprint density at radius 3 is 2.90 bits per heavy atom. The van der Waals surface area contributed by atoms with Crippen LogP contribution in [0.3, 0.4) is 0 Å². The number of nitrogens with one attached hydrogen (secondary N) is 1. The van der Waals surface area contributed by atoms with Gasteiger partial charge >= 0.3 is 0 Å². The summed E-state index contributed by atoms with van der Waals surface area (Å²) < 4.78 is 0. The fraction of sp³-hybridized carbons (Fsp3) is 0.500. The molecule has 1 N–H and O–H groups in total. The Morgan fingerprint density at radius 2 is 2.20 bits per heavy atom. The number of Topliss-reactive ketones (excluding diaryl/α,β-unsaturated/α-hetero) is 1. The molecule has 0 saturated carbocycles. The van der Waals surface area contributed by atoms with Gasteiger partial charge in [-0.3, -0.25) is 14.5 Å². The zero-order valence-electron chi connectivity index (χ0n) is 12.2. The summed E-state index contributed by atoms with van der Waals surface area (Å²) in [5.41, 5.74) is 1.31. The van der Waals surface area contributed by atoms with E-state index in [4.69, 9.17) is 0 Å². The zero-order chi connectivity index (χ0) is 14.5. The van der Waals surface area contributed by atoms with Crippen LogP contribution in [0.5, 0.6) is 0 Å². The first-order valence-electron chi connectivity index (χ1n) is 7.18. The van der Waals surface area contributed by atoms with E-state index in [1.165, 1.54) is 13.3 Å². The molecule has 4 heteroatoms. The maximum atomic E-state index is 12.0. The molecule has 108 valence electrons. The third-order valence-corrected chi connectivity index (χ3v) is 3.66. The van der Waals surface area contributed by atoms with Gasteiger partial charge in [0.05, 0.1) is 6.54 Å². The summed E-state index contributed by atoms with van der Waals surface area (Å²) in [6, 6.07) is 7.07. The molecular formula is C16H22N2O2. The number of amides is 1. The number of carbonyl (C=O) groups excluding carboxylic acids is 2. The van der Waals surface area contributed by atoms with Crippen molar-refractivity contribution in [3.05, 3.63) is 29.8 Å².